The number of ether oxygens (including phenoxy) is 3. The van der Waals surface area contributed by atoms with E-state index < -0.39 is 23.3 Å². The first-order chi connectivity index (χ1) is 16.9. The van der Waals surface area contributed by atoms with Gasteiger partial charge in [-0.2, -0.15) is 0 Å². The molecule has 2 aliphatic rings. The maximum absolute atomic E-state index is 11.6. The van der Waals surface area contributed by atoms with Crippen LogP contribution in [0.4, 0.5) is 9.59 Å². The molecule has 2 amide bonds. The average molecular weight is 485 g/mol. The molecule has 3 N–H and O–H groups in total. The summed E-state index contributed by atoms with van der Waals surface area (Å²) < 4.78 is 15.0. The molecule has 35 heavy (non-hydrogen) atoms. The Balaban J connectivity index is 0.000000198. The highest BCUT2D eigenvalue weighted by molar-refractivity contribution is 5.88. The van der Waals surface area contributed by atoms with E-state index in [4.69, 9.17) is 19.3 Å². The molecule has 0 atom stereocenters. The summed E-state index contributed by atoms with van der Waals surface area (Å²) in [5, 5.41) is 14.3. The molecule has 0 aromatic heterocycles. The maximum atomic E-state index is 11.6. The molecule has 4 rings (SSSR count). The molecule has 2 fully saturated rings. The van der Waals surface area contributed by atoms with Gasteiger partial charge in [-0.15, -0.1) is 0 Å². The van der Waals surface area contributed by atoms with Crippen LogP contribution in [0.1, 0.15) is 43.7 Å². The number of carbonyl (C=O) groups is 3. The summed E-state index contributed by atoms with van der Waals surface area (Å²) in [6.07, 6.45) is 1.80. The fraction of sp³-hybridized carbons (Fsp3) is 0.423. The third kappa shape index (κ3) is 8.29. The summed E-state index contributed by atoms with van der Waals surface area (Å²) in [6.45, 7) is 2.47. The van der Waals surface area contributed by atoms with Crippen molar-refractivity contribution < 1.29 is 33.7 Å². The number of alkyl carbamates (subject to hydrolysis) is 2. The van der Waals surface area contributed by atoms with Crippen molar-refractivity contribution in [2.45, 2.75) is 56.9 Å². The number of rotatable bonds is 9. The second-order valence-corrected chi connectivity index (χ2v) is 8.61. The van der Waals surface area contributed by atoms with E-state index in [0.717, 1.165) is 24.0 Å². The zero-order valence-corrected chi connectivity index (χ0v) is 19.8. The van der Waals surface area contributed by atoms with Crippen LogP contribution in [-0.2, 0) is 32.2 Å². The molecule has 0 saturated heterocycles. The minimum atomic E-state index is -0.857. The molecule has 0 bridgehead atoms. The molecule has 0 spiro atoms. The molecule has 0 radical (unpaired) electrons. The summed E-state index contributed by atoms with van der Waals surface area (Å²) in [5.74, 6) is -0.383. The van der Waals surface area contributed by atoms with Crippen molar-refractivity contribution in [3.8, 4) is 0 Å². The molecular formula is C26H32N2O7. The Morgan fingerprint density at radius 2 is 1.26 bits per heavy atom. The summed E-state index contributed by atoms with van der Waals surface area (Å²) >= 11 is 0. The van der Waals surface area contributed by atoms with Crippen molar-refractivity contribution in [1.29, 1.82) is 0 Å². The topological polar surface area (TPSA) is 123 Å². The van der Waals surface area contributed by atoms with Crippen LogP contribution < -0.4 is 10.6 Å². The van der Waals surface area contributed by atoms with Gasteiger partial charge in [0.2, 0.25) is 0 Å². The molecule has 9 nitrogen and oxygen atoms in total. The highest BCUT2D eigenvalue weighted by atomic mass is 16.6. The largest absolute Gasteiger partial charge is 0.464 e. The van der Waals surface area contributed by atoms with Crippen LogP contribution in [0.2, 0.25) is 0 Å². The molecule has 2 aliphatic carbocycles. The second-order valence-electron chi connectivity index (χ2n) is 8.61. The van der Waals surface area contributed by atoms with Gasteiger partial charge in [0, 0.05) is 0 Å². The molecule has 2 aromatic carbocycles. The minimum Gasteiger partial charge on any atom is -0.464 e. The number of aliphatic hydroxyl groups is 1. The van der Waals surface area contributed by atoms with Crippen LogP contribution in [0.25, 0.3) is 0 Å². The molecular weight excluding hydrogens is 452 g/mol. The number of esters is 1. The number of aliphatic hydroxyl groups excluding tert-OH is 1. The van der Waals surface area contributed by atoms with Gasteiger partial charge in [0.25, 0.3) is 0 Å². The molecule has 9 heteroatoms. The number of hydrogen-bond donors (Lipinski definition) is 3. The predicted molar refractivity (Wildman–Crippen MR) is 127 cm³/mol. The lowest BCUT2D eigenvalue weighted by Crippen LogP contribution is -2.44. The van der Waals surface area contributed by atoms with Crippen molar-refractivity contribution in [3.05, 3.63) is 71.8 Å². The minimum absolute atomic E-state index is 0.0204. The van der Waals surface area contributed by atoms with Gasteiger partial charge < -0.3 is 30.0 Å². The lowest BCUT2D eigenvalue weighted by atomic mass is 10.2. The first kappa shape index (κ1) is 26.0. The van der Waals surface area contributed by atoms with Crippen molar-refractivity contribution >= 4 is 18.2 Å². The summed E-state index contributed by atoms with van der Waals surface area (Å²) in [4.78, 5) is 34.7. The van der Waals surface area contributed by atoms with E-state index in [1.54, 1.807) is 6.92 Å². The Kier molecular flexibility index (Phi) is 9.08. The number of amides is 2. The Morgan fingerprint density at radius 3 is 1.66 bits per heavy atom. The van der Waals surface area contributed by atoms with E-state index in [2.05, 4.69) is 10.6 Å². The SMILES string of the molecule is CCOC(=O)C1(NC(=O)OCc2ccccc2)CC1.O=C(NC1(CO)CC1)OCc1ccccc1. The maximum Gasteiger partial charge on any atom is 0.408 e. The average Bonchev–Trinajstić information content (AvgIpc) is 3.81. The van der Waals surface area contributed by atoms with Crippen LogP contribution in [0.3, 0.4) is 0 Å². The van der Waals surface area contributed by atoms with Crippen molar-refractivity contribution in [2.24, 2.45) is 0 Å². The fourth-order valence-electron chi connectivity index (χ4n) is 3.18. The highest BCUT2D eigenvalue weighted by Gasteiger charge is 2.53. The molecule has 0 unspecified atom stereocenters. The van der Waals surface area contributed by atoms with E-state index in [1.807, 2.05) is 60.7 Å². The monoisotopic (exact) mass is 484 g/mol. The Morgan fingerprint density at radius 1 is 0.771 bits per heavy atom. The van der Waals surface area contributed by atoms with Gasteiger partial charge in [0.15, 0.2) is 0 Å². The van der Waals surface area contributed by atoms with Gasteiger partial charge in [-0.05, 0) is 43.7 Å². The quantitative estimate of drug-likeness (QED) is 0.368. The standard InChI is InChI=1S/C14H17NO4.C12H15NO3/c1-2-18-12(16)14(8-9-14)15-13(17)19-10-11-6-4-3-5-7-11;14-9-12(6-7-12)13-11(15)16-8-10-4-2-1-3-5-10/h3-7H,2,8-10H2,1H3,(H,15,17);1-5,14H,6-9H2,(H,13,15). The van der Waals surface area contributed by atoms with Crippen LogP contribution in [-0.4, -0.2) is 47.6 Å². The second kappa shape index (κ2) is 12.2. The summed E-state index contributed by atoms with van der Waals surface area (Å²) in [7, 11) is 0. The molecule has 2 aromatic rings. The van der Waals surface area contributed by atoms with Gasteiger partial charge in [-0.3, -0.25) is 0 Å². The van der Waals surface area contributed by atoms with Gasteiger partial charge in [0.05, 0.1) is 18.8 Å². The number of carbonyl (C=O) groups excluding carboxylic acids is 3. The summed E-state index contributed by atoms with van der Waals surface area (Å²) in [6, 6.07) is 18.9. The van der Waals surface area contributed by atoms with Crippen LogP contribution in [0.5, 0.6) is 0 Å². The van der Waals surface area contributed by atoms with Gasteiger partial charge in [0.1, 0.15) is 18.8 Å². The first-order valence-corrected chi connectivity index (χ1v) is 11.7. The number of benzene rings is 2. The van der Waals surface area contributed by atoms with Gasteiger partial charge >= 0.3 is 18.2 Å². The van der Waals surface area contributed by atoms with Crippen molar-refractivity contribution in [1.82, 2.24) is 10.6 Å². The van der Waals surface area contributed by atoms with Gasteiger partial charge in [-0.1, -0.05) is 60.7 Å². The molecule has 0 heterocycles. The van der Waals surface area contributed by atoms with Crippen LogP contribution in [0, 0.1) is 0 Å². The third-order valence-corrected chi connectivity index (χ3v) is 5.71. The van der Waals surface area contributed by atoms with E-state index in [0.29, 0.717) is 19.4 Å². The predicted octanol–water partition coefficient (Wildman–Crippen LogP) is 3.45. The lowest BCUT2D eigenvalue weighted by Gasteiger charge is -2.15. The zero-order chi connectivity index (χ0) is 25.2. The number of hydrogen-bond acceptors (Lipinski definition) is 7. The highest BCUT2D eigenvalue weighted by Crippen LogP contribution is 2.36. The van der Waals surface area contributed by atoms with E-state index in [1.165, 1.54) is 0 Å². The summed E-state index contributed by atoms with van der Waals surface area (Å²) in [5.41, 5.74) is 0.586. The zero-order valence-electron chi connectivity index (χ0n) is 19.8. The van der Waals surface area contributed by atoms with Crippen LogP contribution in [0.15, 0.2) is 60.7 Å². The Hall–Kier alpha value is -3.59. The lowest BCUT2D eigenvalue weighted by molar-refractivity contribution is -0.146. The van der Waals surface area contributed by atoms with Crippen LogP contribution >= 0.6 is 0 Å². The Bertz CT molecular complexity index is 974. The normalized spacial score (nSPS) is 15.9. The Labute approximate surface area is 204 Å². The third-order valence-electron chi connectivity index (χ3n) is 5.71. The molecule has 188 valence electrons. The first-order valence-electron chi connectivity index (χ1n) is 11.7. The molecule has 2 saturated carbocycles. The fourth-order valence-corrected chi connectivity index (χ4v) is 3.18. The van der Waals surface area contributed by atoms with E-state index in [-0.39, 0.29) is 25.8 Å². The van der Waals surface area contributed by atoms with E-state index >= 15 is 0 Å². The number of nitrogens with one attached hydrogen (secondary N) is 2. The molecule has 0 aliphatic heterocycles. The smallest absolute Gasteiger partial charge is 0.408 e. The van der Waals surface area contributed by atoms with Gasteiger partial charge in [-0.25, -0.2) is 14.4 Å². The van der Waals surface area contributed by atoms with Crippen molar-refractivity contribution in [2.75, 3.05) is 13.2 Å². The van der Waals surface area contributed by atoms with Crippen molar-refractivity contribution in [3.63, 3.8) is 0 Å². The van der Waals surface area contributed by atoms with E-state index in [9.17, 15) is 14.4 Å².